The van der Waals surface area contributed by atoms with Crippen LogP contribution in [0.15, 0.2) is 47.6 Å². The number of hydrogen-bond acceptors (Lipinski definition) is 6. The van der Waals surface area contributed by atoms with E-state index in [-0.39, 0.29) is 5.91 Å². The highest BCUT2D eigenvalue weighted by Crippen LogP contribution is 2.32. The van der Waals surface area contributed by atoms with Crippen molar-refractivity contribution in [2.45, 2.75) is 31.2 Å². The van der Waals surface area contributed by atoms with Crippen molar-refractivity contribution in [3.05, 3.63) is 58.6 Å². The molecule has 3 aromatic rings. The van der Waals surface area contributed by atoms with E-state index < -0.39 is 5.25 Å². The first kappa shape index (κ1) is 22.6. The maximum absolute atomic E-state index is 12.9. The van der Waals surface area contributed by atoms with Gasteiger partial charge in [0.15, 0.2) is 5.16 Å². The molecule has 9 heteroatoms. The predicted octanol–water partition coefficient (Wildman–Crippen LogP) is 4.49. The smallest absolute Gasteiger partial charge is 0.237 e. The first-order valence-electron chi connectivity index (χ1n) is 10.5. The van der Waals surface area contributed by atoms with Crippen LogP contribution in [0.1, 0.15) is 18.1 Å². The van der Waals surface area contributed by atoms with Crippen molar-refractivity contribution in [3.63, 3.8) is 0 Å². The quantitative estimate of drug-likeness (QED) is 0.534. The molecule has 0 aliphatic carbocycles. The number of benzene rings is 2. The van der Waals surface area contributed by atoms with Crippen molar-refractivity contribution in [1.29, 1.82) is 0 Å². The molecule has 0 saturated carbocycles. The number of para-hydroxylation sites is 1. The number of thioether (sulfide) groups is 1. The van der Waals surface area contributed by atoms with E-state index in [1.807, 2.05) is 54.8 Å². The predicted molar refractivity (Wildman–Crippen MR) is 129 cm³/mol. The molecule has 32 heavy (non-hydrogen) atoms. The fraction of sp³-hybridized carbons (Fsp3) is 0.348. The van der Waals surface area contributed by atoms with E-state index in [1.165, 1.54) is 11.8 Å². The number of nitrogens with one attached hydrogen (secondary N) is 1. The minimum absolute atomic E-state index is 0.118. The monoisotopic (exact) mass is 471 g/mol. The number of anilines is 2. The van der Waals surface area contributed by atoms with Gasteiger partial charge in [0, 0.05) is 23.8 Å². The summed E-state index contributed by atoms with van der Waals surface area (Å²) in [5.41, 5.74) is 3.66. The zero-order valence-electron chi connectivity index (χ0n) is 18.3. The maximum atomic E-state index is 12.9. The molecule has 1 atom stereocenters. The summed E-state index contributed by atoms with van der Waals surface area (Å²) in [6, 6.07) is 13.6. The zero-order valence-corrected chi connectivity index (χ0v) is 19.9. The Morgan fingerprint density at radius 1 is 1.12 bits per heavy atom. The summed E-state index contributed by atoms with van der Waals surface area (Å²) in [4.78, 5) is 15.1. The van der Waals surface area contributed by atoms with E-state index in [2.05, 4.69) is 33.4 Å². The van der Waals surface area contributed by atoms with Gasteiger partial charge in [-0.05, 0) is 50.1 Å². The van der Waals surface area contributed by atoms with Crippen molar-refractivity contribution in [1.82, 2.24) is 14.8 Å². The lowest BCUT2D eigenvalue weighted by atomic mass is 10.2. The van der Waals surface area contributed by atoms with Gasteiger partial charge in [0.1, 0.15) is 0 Å². The van der Waals surface area contributed by atoms with Crippen LogP contribution in [0.5, 0.6) is 0 Å². The lowest BCUT2D eigenvalue weighted by molar-refractivity contribution is -0.115. The Morgan fingerprint density at radius 3 is 2.62 bits per heavy atom. The first-order valence-corrected chi connectivity index (χ1v) is 11.8. The summed E-state index contributed by atoms with van der Waals surface area (Å²) >= 11 is 7.58. The second kappa shape index (κ2) is 9.94. The van der Waals surface area contributed by atoms with Gasteiger partial charge in [0.2, 0.25) is 11.9 Å². The van der Waals surface area contributed by atoms with Gasteiger partial charge in [0.05, 0.1) is 24.2 Å². The van der Waals surface area contributed by atoms with Gasteiger partial charge in [0.25, 0.3) is 0 Å². The molecule has 0 spiro atoms. The summed E-state index contributed by atoms with van der Waals surface area (Å²) in [5.74, 6) is 0.649. The number of nitrogens with zero attached hydrogens (tertiary/aromatic N) is 4. The van der Waals surface area contributed by atoms with E-state index in [0.29, 0.717) is 29.1 Å². The third kappa shape index (κ3) is 4.77. The molecule has 1 fully saturated rings. The van der Waals surface area contributed by atoms with Crippen LogP contribution in [0.4, 0.5) is 11.6 Å². The average Bonchev–Trinajstić information content (AvgIpc) is 3.21. The average molecular weight is 472 g/mol. The molecule has 4 rings (SSSR count). The summed E-state index contributed by atoms with van der Waals surface area (Å²) < 4.78 is 7.54. The molecule has 1 aromatic heterocycles. The number of ether oxygens (including phenoxy) is 1. The number of morpholine rings is 1. The van der Waals surface area contributed by atoms with Crippen molar-refractivity contribution < 1.29 is 9.53 Å². The topological polar surface area (TPSA) is 72.3 Å². The highest BCUT2D eigenvalue weighted by atomic mass is 35.5. The summed E-state index contributed by atoms with van der Waals surface area (Å²) in [6.45, 7) is 8.62. The number of aryl methyl sites for hydroxylation is 1. The number of rotatable bonds is 6. The van der Waals surface area contributed by atoms with Gasteiger partial charge in [-0.25, -0.2) is 0 Å². The summed E-state index contributed by atoms with van der Waals surface area (Å²) in [5, 5.41) is 12.8. The molecule has 1 aliphatic heterocycles. The van der Waals surface area contributed by atoms with Crippen molar-refractivity contribution in [3.8, 4) is 5.69 Å². The second-order valence-electron chi connectivity index (χ2n) is 7.67. The lowest BCUT2D eigenvalue weighted by Crippen LogP contribution is -2.38. The standard InChI is InChI=1S/C23H26ClN5O2S/c1-15-7-4-5-10-20(15)29-22(28-11-13-31-14-12-28)26-27-23(29)32-17(3)21(30)25-19-9-6-8-18(24)16(19)2/h4-10,17H,11-14H2,1-3H3,(H,25,30). The third-order valence-corrected chi connectivity index (χ3v) is 6.90. The van der Waals surface area contributed by atoms with Crippen LogP contribution in [0.25, 0.3) is 5.69 Å². The molecule has 1 N–H and O–H groups in total. The largest absolute Gasteiger partial charge is 0.378 e. The molecule has 1 saturated heterocycles. The van der Waals surface area contributed by atoms with Gasteiger partial charge < -0.3 is 15.0 Å². The molecule has 7 nitrogen and oxygen atoms in total. The molecule has 1 aliphatic rings. The zero-order chi connectivity index (χ0) is 22.7. The van der Waals surface area contributed by atoms with E-state index in [4.69, 9.17) is 16.3 Å². The fourth-order valence-electron chi connectivity index (χ4n) is 3.52. The van der Waals surface area contributed by atoms with E-state index in [0.717, 1.165) is 35.9 Å². The third-order valence-electron chi connectivity index (χ3n) is 5.44. The molecule has 1 amide bonds. The van der Waals surface area contributed by atoms with Crippen LogP contribution >= 0.6 is 23.4 Å². The highest BCUT2D eigenvalue weighted by Gasteiger charge is 2.25. The van der Waals surface area contributed by atoms with Gasteiger partial charge in [-0.3, -0.25) is 9.36 Å². The molecule has 2 aromatic carbocycles. The van der Waals surface area contributed by atoms with Crippen LogP contribution in [-0.2, 0) is 9.53 Å². The van der Waals surface area contributed by atoms with Crippen LogP contribution in [-0.4, -0.2) is 52.2 Å². The van der Waals surface area contributed by atoms with Crippen LogP contribution in [0.2, 0.25) is 5.02 Å². The van der Waals surface area contributed by atoms with Crippen molar-refractivity contribution >= 4 is 40.9 Å². The first-order chi connectivity index (χ1) is 15.5. The van der Waals surface area contributed by atoms with E-state index in [1.54, 1.807) is 0 Å². The number of amides is 1. The molecular weight excluding hydrogens is 446 g/mol. The molecular formula is C23H26ClN5O2S. The minimum Gasteiger partial charge on any atom is -0.378 e. The number of halogens is 1. The van der Waals surface area contributed by atoms with Gasteiger partial charge in [-0.1, -0.05) is 47.6 Å². The number of carbonyl (C=O) groups excluding carboxylic acids is 1. The van der Waals surface area contributed by atoms with Crippen molar-refractivity contribution in [2.24, 2.45) is 0 Å². The SMILES string of the molecule is Cc1ccccc1-n1c(SC(C)C(=O)Nc2cccc(Cl)c2C)nnc1N1CCOCC1. The number of carbonyl (C=O) groups is 1. The molecule has 2 heterocycles. The Morgan fingerprint density at radius 2 is 1.88 bits per heavy atom. The Balaban J connectivity index is 1.61. The lowest BCUT2D eigenvalue weighted by Gasteiger charge is -2.28. The Hall–Kier alpha value is -2.55. The fourth-order valence-corrected chi connectivity index (χ4v) is 4.55. The van der Waals surface area contributed by atoms with E-state index >= 15 is 0 Å². The molecule has 0 radical (unpaired) electrons. The van der Waals surface area contributed by atoms with Crippen LogP contribution in [0, 0.1) is 13.8 Å². The van der Waals surface area contributed by atoms with Gasteiger partial charge in [-0.2, -0.15) is 0 Å². The maximum Gasteiger partial charge on any atom is 0.237 e. The minimum atomic E-state index is -0.391. The number of aromatic nitrogens is 3. The Labute approximate surface area is 197 Å². The van der Waals surface area contributed by atoms with Crippen LogP contribution in [0.3, 0.4) is 0 Å². The summed E-state index contributed by atoms with van der Waals surface area (Å²) in [7, 11) is 0. The Bertz CT molecular complexity index is 1110. The molecule has 0 bridgehead atoms. The number of hydrogen-bond donors (Lipinski definition) is 1. The molecule has 1 unspecified atom stereocenters. The highest BCUT2D eigenvalue weighted by molar-refractivity contribution is 8.00. The normalized spacial score (nSPS) is 14.9. The van der Waals surface area contributed by atoms with Gasteiger partial charge in [-0.15, -0.1) is 10.2 Å². The van der Waals surface area contributed by atoms with Crippen LogP contribution < -0.4 is 10.2 Å². The Kier molecular flexibility index (Phi) is 7.03. The second-order valence-corrected chi connectivity index (χ2v) is 9.38. The summed E-state index contributed by atoms with van der Waals surface area (Å²) in [6.07, 6.45) is 0. The van der Waals surface area contributed by atoms with Crippen molar-refractivity contribution in [2.75, 3.05) is 36.5 Å². The van der Waals surface area contributed by atoms with E-state index in [9.17, 15) is 4.79 Å². The molecule has 168 valence electrons. The van der Waals surface area contributed by atoms with Gasteiger partial charge >= 0.3 is 0 Å².